The molecule has 4 rings (SSSR count). The second-order valence-corrected chi connectivity index (χ2v) is 10.2. The Morgan fingerprint density at radius 2 is 1.85 bits per heavy atom. The minimum absolute atomic E-state index is 0.00268. The van der Waals surface area contributed by atoms with Crippen LogP contribution in [0.3, 0.4) is 0 Å². The van der Waals surface area contributed by atoms with E-state index in [9.17, 15) is 28.9 Å². The number of likely N-dealkylation sites (tertiary alicyclic amines) is 1. The molecule has 1 aliphatic heterocycles. The van der Waals surface area contributed by atoms with Gasteiger partial charge in [-0.25, -0.2) is 4.39 Å². The van der Waals surface area contributed by atoms with Crippen LogP contribution in [0.15, 0.2) is 71.2 Å². The molecule has 3 aromatic carbocycles. The quantitative estimate of drug-likeness (QED) is 0.202. The number of nitro groups is 1. The normalized spacial score (nSPS) is 18.0. The number of methoxy groups -OCH3 is 1. The predicted molar refractivity (Wildman–Crippen MR) is 149 cm³/mol. The number of hydrogen-bond acceptors (Lipinski definition) is 7. The van der Waals surface area contributed by atoms with E-state index >= 15 is 0 Å². The molecule has 0 spiro atoms. The van der Waals surface area contributed by atoms with Gasteiger partial charge in [0.2, 0.25) is 5.91 Å². The van der Waals surface area contributed by atoms with E-state index in [0.717, 1.165) is 0 Å². The first-order valence-corrected chi connectivity index (χ1v) is 13.5. The Kier molecular flexibility index (Phi) is 9.33. The maximum Gasteiger partial charge on any atom is 0.311 e. The molecule has 214 valence electrons. The summed E-state index contributed by atoms with van der Waals surface area (Å²) in [5, 5.41) is 14.6. The van der Waals surface area contributed by atoms with Gasteiger partial charge in [0.1, 0.15) is 11.9 Å². The van der Waals surface area contributed by atoms with Crippen molar-refractivity contribution in [3.05, 3.63) is 104 Å². The lowest BCUT2D eigenvalue weighted by atomic mass is 9.92. The molecule has 0 aromatic heterocycles. The van der Waals surface area contributed by atoms with Crippen molar-refractivity contribution in [2.24, 2.45) is 5.92 Å². The van der Waals surface area contributed by atoms with E-state index in [1.165, 1.54) is 54.5 Å². The zero-order valence-corrected chi connectivity index (χ0v) is 23.8. The highest BCUT2D eigenvalue weighted by molar-refractivity contribution is 9.10. The zero-order chi connectivity index (χ0) is 29.7. The van der Waals surface area contributed by atoms with E-state index in [-0.39, 0.29) is 42.1 Å². The van der Waals surface area contributed by atoms with Crippen molar-refractivity contribution in [3.8, 4) is 5.75 Å². The molecular weight excluding hydrogens is 601 g/mol. The molecule has 3 unspecified atom stereocenters. The number of nitrogens with zero attached hydrogens (tertiary/aromatic N) is 2. The third-order valence-electron chi connectivity index (χ3n) is 6.81. The van der Waals surface area contributed by atoms with E-state index < -0.39 is 46.5 Å². The zero-order valence-electron chi connectivity index (χ0n) is 22.2. The summed E-state index contributed by atoms with van der Waals surface area (Å²) in [6.07, 6.45) is -0.0850. The van der Waals surface area contributed by atoms with E-state index in [1.807, 2.05) is 0 Å². The molecule has 0 bridgehead atoms. The van der Waals surface area contributed by atoms with Crippen molar-refractivity contribution < 1.29 is 33.2 Å². The molecule has 1 fully saturated rings. The van der Waals surface area contributed by atoms with Crippen LogP contribution in [0.2, 0.25) is 0 Å². The third kappa shape index (κ3) is 6.54. The van der Waals surface area contributed by atoms with Crippen molar-refractivity contribution in [2.45, 2.75) is 32.0 Å². The highest BCUT2D eigenvalue weighted by atomic mass is 79.9. The Morgan fingerprint density at radius 1 is 1.12 bits per heavy atom. The van der Waals surface area contributed by atoms with Crippen LogP contribution in [0.4, 0.5) is 10.1 Å². The maximum absolute atomic E-state index is 14.1. The number of amides is 2. The Balaban J connectivity index is 1.80. The number of hydrogen-bond donors (Lipinski definition) is 1. The van der Waals surface area contributed by atoms with Gasteiger partial charge in [0, 0.05) is 22.6 Å². The summed E-state index contributed by atoms with van der Waals surface area (Å²) in [5.41, 5.74) is 0.791. The summed E-state index contributed by atoms with van der Waals surface area (Å²) in [5.74, 6) is -3.16. The molecule has 12 heteroatoms. The van der Waals surface area contributed by atoms with E-state index in [0.29, 0.717) is 10.0 Å². The van der Waals surface area contributed by atoms with Gasteiger partial charge in [-0.15, -0.1) is 0 Å². The molecule has 1 N–H and O–H groups in total. The van der Waals surface area contributed by atoms with Gasteiger partial charge < -0.3 is 19.7 Å². The Morgan fingerprint density at radius 3 is 2.49 bits per heavy atom. The fourth-order valence-corrected chi connectivity index (χ4v) is 5.35. The molecule has 0 radical (unpaired) electrons. The topological polar surface area (TPSA) is 128 Å². The summed E-state index contributed by atoms with van der Waals surface area (Å²) in [6, 6.07) is 14.1. The lowest BCUT2D eigenvalue weighted by Gasteiger charge is -2.31. The molecule has 2 amide bonds. The summed E-state index contributed by atoms with van der Waals surface area (Å²) < 4.78 is 24.4. The Labute approximate surface area is 243 Å². The Hall–Kier alpha value is -4.32. The van der Waals surface area contributed by atoms with Crippen LogP contribution >= 0.6 is 15.9 Å². The van der Waals surface area contributed by atoms with Gasteiger partial charge in [0.05, 0.1) is 30.6 Å². The fraction of sp³-hybridized carbons (Fsp3) is 0.276. The van der Waals surface area contributed by atoms with E-state index in [1.54, 1.807) is 31.2 Å². The largest absolute Gasteiger partial charge is 0.490 e. The number of halogens is 2. The van der Waals surface area contributed by atoms with Gasteiger partial charge in [-0.1, -0.05) is 40.2 Å². The number of carbonyl (C=O) groups is 3. The second-order valence-electron chi connectivity index (χ2n) is 9.31. The number of ether oxygens (including phenoxy) is 2. The van der Waals surface area contributed by atoms with Crippen molar-refractivity contribution in [2.75, 3.05) is 13.7 Å². The van der Waals surface area contributed by atoms with Crippen molar-refractivity contribution in [3.63, 3.8) is 0 Å². The van der Waals surface area contributed by atoms with Crippen molar-refractivity contribution >= 4 is 39.4 Å². The lowest BCUT2D eigenvalue weighted by Crippen LogP contribution is -2.46. The summed E-state index contributed by atoms with van der Waals surface area (Å²) in [7, 11) is 1.30. The standard InChI is InChI=1S/C29H27BrFN3O7/c1-3-41-29(37)22-15-24(27(35)32-16-17-7-10-21(31)11-8-17)33(28(36)19-5-4-6-20(30)13-19)26(22)18-9-12-25(40-2)23(14-18)34(38)39/h4-14,22,24,26H,3,15-16H2,1-2H3,(H,32,35). The SMILES string of the molecule is CCOC(=O)C1CC(C(=O)NCc2ccc(F)cc2)N(C(=O)c2cccc(Br)c2)C1c1ccc(OC)c([N+](=O)[O-])c1. The molecule has 10 nitrogen and oxygen atoms in total. The van der Waals surface area contributed by atoms with Crippen LogP contribution < -0.4 is 10.1 Å². The second kappa shape index (κ2) is 12.9. The average Bonchev–Trinajstić information content (AvgIpc) is 3.37. The summed E-state index contributed by atoms with van der Waals surface area (Å²) in [4.78, 5) is 53.4. The number of nitro benzene ring substituents is 1. The third-order valence-corrected chi connectivity index (χ3v) is 7.31. The number of carbonyl (C=O) groups excluding carboxylic acids is 3. The summed E-state index contributed by atoms with van der Waals surface area (Å²) in [6.45, 7) is 1.75. The monoisotopic (exact) mass is 627 g/mol. The molecule has 1 aliphatic rings. The predicted octanol–water partition coefficient (Wildman–Crippen LogP) is 4.96. The van der Waals surface area contributed by atoms with Crippen LogP contribution in [-0.2, 0) is 20.9 Å². The minimum Gasteiger partial charge on any atom is -0.490 e. The molecule has 1 saturated heterocycles. The van der Waals surface area contributed by atoms with E-state index in [4.69, 9.17) is 9.47 Å². The smallest absolute Gasteiger partial charge is 0.311 e. The van der Waals surface area contributed by atoms with Gasteiger partial charge in [-0.05, 0) is 60.9 Å². The molecule has 3 aromatic rings. The van der Waals surface area contributed by atoms with Gasteiger partial charge >= 0.3 is 11.7 Å². The molecule has 0 saturated carbocycles. The minimum atomic E-state index is -1.12. The summed E-state index contributed by atoms with van der Waals surface area (Å²) >= 11 is 3.36. The number of esters is 1. The molecule has 41 heavy (non-hydrogen) atoms. The molecule has 3 atom stereocenters. The average molecular weight is 628 g/mol. The Bertz CT molecular complexity index is 1470. The first kappa shape index (κ1) is 29.7. The van der Waals surface area contributed by atoms with E-state index in [2.05, 4.69) is 21.2 Å². The van der Waals surface area contributed by atoms with Crippen molar-refractivity contribution in [1.29, 1.82) is 0 Å². The van der Waals surface area contributed by atoms with Gasteiger partial charge in [0.15, 0.2) is 5.75 Å². The molecular formula is C29H27BrFN3O7. The van der Waals surface area contributed by atoms with Crippen LogP contribution in [0.5, 0.6) is 5.75 Å². The van der Waals surface area contributed by atoms with Crippen LogP contribution in [0.1, 0.15) is 40.9 Å². The van der Waals surface area contributed by atoms with Gasteiger partial charge in [0.25, 0.3) is 5.91 Å². The number of rotatable bonds is 9. The van der Waals surface area contributed by atoms with Gasteiger partial charge in [-0.3, -0.25) is 24.5 Å². The highest BCUT2D eigenvalue weighted by Crippen LogP contribution is 2.45. The first-order chi connectivity index (χ1) is 19.6. The van der Waals surface area contributed by atoms with Gasteiger partial charge in [-0.2, -0.15) is 0 Å². The van der Waals surface area contributed by atoms with Crippen LogP contribution in [0, 0.1) is 21.8 Å². The molecule has 1 heterocycles. The number of nitrogens with one attached hydrogen (secondary N) is 1. The lowest BCUT2D eigenvalue weighted by molar-refractivity contribution is -0.385. The number of benzene rings is 3. The first-order valence-electron chi connectivity index (χ1n) is 12.7. The fourth-order valence-electron chi connectivity index (χ4n) is 4.95. The van der Waals surface area contributed by atoms with Crippen LogP contribution in [-0.4, -0.2) is 47.4 Å². The maximum atomic E-state index is 14.1. The van der Waals surface area contributed by atoms with Crippen LogP contribution in [0.25, 0.3) is 0 Å². The van der Waals surface area contributed by atoms with Crippen molar-refractivity contribution in [1.82, 2.24) is 10.2 Å². The molecule has 0 aliphatic carbocycles. The highest BCUT2D eigenvalue weighted by Gasteiger charge is 2.51.